The van der Waals surface area contributed by atoms with Crippen LogP contribution in [0.3, 0.4) is 0 Å². The van der Waals surface area contributed by atoms with Gasteiger partial charge in [0.25, 0.3) is 11.8 Å². The molecule has 1 unspecified atom stereocenters. The Morgan fingerprint density at radius 2 is 1.69 bits per heavy atom. The first-order chi connectivity index (χ1) is 12.4. The summed E-state index contributed by atoms with van der Waals surface area (Å²) in [6.07, 6.45) is 2.02. The lowest BCUT2D eigenvalue weighted by atomic mass is 10.0. The Labute approximate surface area is 157 Å². The fraction of sp³-hybridized carbons (Fsp3) is 0.286. The van der Waals surface area contributed by atoms with Crippen molar-refractivity contribution in [3.05, 3.63) is 73.4 Å². The Hall–Kier alpha value is -2.95. The second-order valence-electron chi connectivity index (χ2n) is 6.09. The quantitative estimate of drug-likeness (QED) is 0.325. The van der Waals surface area contributed by atoms with Gasteiger partial charge < -0.3 is 10.6 Å². The van der Waals surface area contributed by atoms with Gasteiger partial charge in [0.15, 0.2) is 0 Å². The van der Waals surface area contributed by atoms with Crippen LogP contribution in [0, 0.1) is 0 Å². The summed E-state index contributed by atoms with van der Waals surface area (Å²) in [6.45, 7) is 15.0. The monoisotopic (exact) mass is 358 g/mol. The minimum absolute atomic E-state index is 0. The van der Waals surface area contributed by atoms with Gasteiger partial charge in [0, 0.05) is 20.9 Å². The number of carbonyl (C=O) groups excluding carboxylic acids is 3. The van der Waals surface area contributed by atoms with E-state index in [1.165, 1.54) is 0 Å². The van der Waals surface area contributed by atoms with Crippen molar-refractivity contribution in [2.45, 2.75) is 38.3 Å². The number of hydrogen-bond acceptors (Lipinski definition) is 3. The Bertz CT molecular complexity index is 701. The molecule has 1 aliphatic rings. The number of benzene rings is 1. The second kappa shape index (κ2) is 10.1. The van der Waals surface area contributed by atoms with Crippen LogP contribution in [0.15, 0.2) is 67.8 Å². The molecule has 0 aliphatic heterocycles. The third-order valence-electron chi connectivity index (χ3n) is 3.83. The van der Waals surface area contributed by atoms with Crippen LogP contribution in [0.1, 0.15) is 28.2 Å². The summed E-state index contributed by atoms with van der Waals surface area (Å²) in [5.41, 5.74) is 1.57. The molecule has 1 saturated carbocycles. The maximum absolute atomic E-state index is 12.5. The van der Waals surface area contributed by atoms with Crippen molar-refractivity contribution in [3.8, 4) is 0 Å². The number of carbonyl (C=O) groups is 3. The molecule has 0 radical (unpaired) electrons. The standard InChI is InChI=1S/C19H22N2O3.C2H4.2H2/c1-12(2)13(3)18(23)21-16(11-14-7-5-4-6-8-14)17(22)19(24)20-15-9-10-15;1-2;;/h4-8,15-16H,1,3,9-11H2,2H3,(H,20,24)(H,21,23);1-2H2;2*1H. The van der Waals surface area contributed by atoms with Crippen LogP contribution in [-0.4, -0.2) is 29.7 Å². The van der Waals surface area contributed by atoms with Gasteiger partial charge in [0.05, 0.1) is 0 Å². The summed E-state index contributed by atoms with van der Waals surface area (Å²) in [5.74, 6) is -1.79. The molecule has 0 heterocycles. The summed E-state index contributed by atoms with van der Waals surface area (Å²) >= 11 is 0. The molecule has 0 bridgehead atoms. The average molecular weight is 358 g/mol. The van der Waals surface area contributed by atoms with E-state index < -0.39 is 23.6 Å². The molecular weight excluding hydrogens is 328 g/mol. The summed E-state index contributed by atoms with van der Waals surface area (Å²) < 4.78 is 0. The molecule has 1 atom stereocenters. The number of ketones is 1. The maximum atomic E-state index is 12.5. The normalized spacial score (nSPS) is 13.4. The van der Waals surface area contributed by atoms with E-state index in [-0.39, 0.29) is 20.9 Å². The first kappa shape index (κ1) is 21.1. The summed E-state index contributed by atoms with van der Waals surface area (Å²) in [6, 6.07) is 8.39. The van der Waals surface area contributed by atoms with Crippen LogP contribution < -0.4 is 10.6 Å². The molecule has 142 valence electrons. The summed E-state index contributed by atoms with van der Waals surface area (Å²) in [5, 5.41) is 5.28. The van der Waals surface area contributed by atoms with Gasteiger partial charge in [-0.2, -0.15) is 0 Å². The van der Waals surface area contributed by atoms with Gasteiger partial charge >= 0.3 is 0 Å². The van der Waals surface area contributed by atoms with Gasteiger partial charge in [0.1, 0.15) is 6.04 Å². The molecule has 1 aromatic rings. The zero-order chi connectivity index (χ0) is 19.7. The van der Waals surface area contributed by atoms with Gasteiger partial charge in [-0.25, -0.2) is 0 Å². The van der Waals surface area contributed by atoms with E-state index in [2.05, 4.69) is 36.9 Å². The molecule has 1 aliphatic carbocycles. The number of hydrogen-bond donors (Lipinski definition) is 2. The lowest BCUT2D eigenvalue weighted by Gasteiger charge is -2.18. The summed E-state index contributed by atoms with van der Waals surface area (Å²) in [4.78, 5) is 36.7. The van der Waals surface area contributed by atoms with Crippen LogP contribution in [0.4, 0.5) is 0 Å². The predicted octanol–water partition coefficient (Wildman–Crippen LogP) is 2.99. The van der Waals surface area contributed by atoms with E-state index in [1.54, 1.807) is 6.92 Å². The molecule has 0 spiro atoms. The lowest BCUT2D eigenvalue weighted by molar-refractivity contribution is -0.139. The largest absolute Gasteiger partial charge is 0.347 e. The molecule has 0 aromatic heterocycles. The lowest BCUT2D eigenvalue weighted by Crippen LogP contribution is -2.49. The van der Waals surface area contributed by atoms with Crippen LogP contribution >= 0.6 is 0 Å². The summed E-state index contributed by atoms with van der Waals surface area (Å²) in [7, 11) is 0. The second-order valence-corrected chi connectivity index (χ2v) is 6.09. The Morgan fingerprint density at radius 1 is 1.12 bits per heavy atom. The highest BCUT2D eigenvalue weighted by atomic mass is 16.2. The molecule has 2 amide bonds. The van der Waals surface area contributed by atoms with Crippen molar-refractivity contribution in [1.29, 1.82) is 0 Å². The third kappa shape index (κ3) is 6.51. The molecule has 5 heteroatoms. The zero-order valence-corrected chi connectivity index (χ0v) is 15.2. The van der Waals surface area contributed by atoms with Crippen molar-refractivity contribution >= 4 is 17.6 Å². The molecule has 26 heavy (non-hydrogen) atoms. The SMILES string of the molecule is C=C.C=C(C)C(=C)C(=O)NC(Cc1ccccc1)C(=O)C(=O)NC1CC1.[HH].[HH]. The van der Waals surface area contributed by atoms with E-state index in [9.17, 15) is 14.4 Å². The van der Waals surface area contributed by atoms with Crippen molar-refractivity contribution in [2.75, 3.05) is 0 Å². The van der Waals surface area contributed by atoms with Crippen LogP contribution in [-0.2, 0) is 20.8 Å². The predicted molar refractivity (Wildman–Crippen MR) is 108 cm³/mol. The first-order valence-electron chi connectivity index (χ1n) is 8.42. The fourth-order valence-corrected chi connectivity index (χ4v) is 2.14. The Balaban J connectivity index is 0. The smallest absolute Gasteiger partial charge is 0.289 e. The highest BCUT2D eigenvalue weighted by Gasteiger charge is 2.31. The molecule has 2 rings (SSSR count). The van der Waals surface area contributed by atoms with Gasteiger partial charge in [-0.05, 0) is 30.9 Å². The molecule has 1 fully saturated rings. The van der Waals surface area contributed by atoms with Crippen molar-refractivity contribution in [1.82, 2.24) is 10.6 Å². The number of Topliss-reactive ketones (excluding diaryl/α,β-unsaturated/α-hetero) is 1. The number of rotatable bonds is 8. The minimum atomic E-state index is -0.935. The van der Waals surface area contributed by atoms with Crippen molar-refractivity contribution < 1.29 is 17.2 Å². The zero-order valence-electron chi connectivity index (χ0n) is 15.2. The van der Waals surface area contributed by atoms with Crippen LogP contribution in [0.5, 0.6) is 0 Å². The molecule has 0 saturated heterocycles. The molecule has 1 aromatic carbocycles. The van der Waals surface area contributed by atoms with E-state index in [4.69, 9.17) is 0 Å². The van der Waals surface area contributed by atoms with E-state index >= 15 is 0 Å². The third-order valence-corrected chi connectivity index (χ3v) is 3.83. The Morgan fingerprint density at radius 3 is 2.19 bits per heavy atom. The molecule has 5 nitrogen and oxygen atoms in total. The van der Waals surface area contributed by atoms with Crippen LogP contribution in [0.2, 0.25) is 0 Å². The van der Waals surface area contributed by atoms with Gasteiger partial charge in [-0.15, -0.1) is 13.2 Å². The van der Waals surface area contributed by atoms with Gasteiger partial charge in [-0.1, -0.05) is 43.5 Å². The van der Waals surface area contributed by atoms with Crippen molar-refractivity contribution in [3.63, 3.8) is 0 Å². The van der Waals surface area contributed by atoms with E-state index in [1.807, 2.05) is 30.3 Å². The number of amides is 2. The minimum Gasteiger partial charge on any atom is -0.347 e. The topological polar surface area (TPSA) is 75.3 Å². The fourth-order valence-electron chi connectivity index (χ4n) is 2.14. The molecule has 2 N–H and O–H groups in total. The van der Waals surface area contributed by atoms with Crippen LogP contribution in [0.25, 0.3) is 0 Å². The average Bonchev–Trinajstić information content (AvgIpc) is 3.46. The van der Waals surface area contributed by atoms with E-state index in [0.717, 1.165) is 18.4 Å². The number of nitrogens with one attached hydrogen (secondary N) is 2. The highest BCUT2D eigenvalue weighted by Crippen LogP contribution is 2.18. The maximum Gasteiger partial charge on any atom is 0.289 e. The Kier molecular flexibility index (Phi) is 8.22. The highest BCUT2D eigenvalue weighted by molar-refractivity contribution is 6.38. The van der Waals surface area contributed by atoms with Crippen molar-refractivity contribution in [2.24, 2.45) is 0 Å². The van der Waals surface area contributed by atoms with Gasteiger partial charge in [0.2, 0.25) is 5.78 Å². The van der Waals surface area contributed by atoms with Gasteiger partial charge in [-0.3, -0.25) is 14.4 Å². The van der Waals surface area contributed by atoms with E-state index in [0.29, 0.717) is 5.57 Å². The molecular formula is C21H30N2O3. The first-order valence-corrected chi connectivity index (χ1v) is 8.42.